The Kier molecular flexibility index (Phi) is 6.04. The highest BCUT2D eigenvalue weighted by molar-refractivity contribution is 5.81. The molecule has 3 N–H and O–H groups in total. The highest BCUT2D eigenvalue weighted by atomic mass is 19.1. The normalized spacial score (nSPS) is 13.1. The molecular weight excluding hydrogens is 324 g/mol. The lowest BCUT2D eigenvalue weighted by Crippen LogP contribution is -2.29. The monoisotopic (exact) mass is 345 g/mol. The van der Waals surface area contributed by atoms with Crippen LogP contribution in [0.4, 0.5) is 8.78 Å². The molecule has 5 heteroatoms. The standard InChI is InChI=1S/C20H21F2NO2/c1-12(2)13-4-3-5-14(10-13)16(8-9-19(23)20(24)25)17-7-6-15(21)11-18(17)22/h3-8,10-12,19H,9,23H2,1-2H3,(H,24,25)/b16-8+. The van der Waals surface area contributed by atoms with E-state index in [1.165, 1.54) is 12.1 Å². The maximum absolute atomic E-state index is 14.3. The Morgan fingerprint density at radius 1 is 1.20 bits per heavy atom. The van der Waals surface area contributed by atoms with Crippen molar-refractivity contribution < 1.29 is 18.7 Å². The van der Waals surface area contributed by atoms with Gasteiger partial charge in [-0.15, -0.1) is 0 Å². The van der Waals surface area contributed by atoms with Crippen LogP contribution in [0.1, 0.15) is 42.9 Å². The number of carbonyl (C=O) groups is 1. The largest absolute Gasteiger partial charge is 0.480 e. The molecule has 0 aliphatic carbocycles. The summed E-state index contributed by atoms with van der Waals surface area (Å²) in [6, 6.07) is 9.81. The van der Waals surface area contributed by atoms with E-state index >= 15 is 0 Å². The first-order chi connectivity index (χ1) is 11.8. The summed E-state index contributed by atoms with van der Waals surface area (Å²) in [6.45, 7) is 4.09. The number of rotatable bonds is 6. The van der Waals surface area contributed by atoms with Crippen LogP contribution >= 0.6 is 0 Å². The molecule has 0 saturated heterocycles. The molecule has 1 atom stereocenters. The number of carboxylic acid groups (broad SMARTS) is 1. The van der Waals surface area contributed by atoms with Gasteiger partial charge in [-0.05, 0) is 41.2 Å². The van der Waals surface area contributed by atoms with Crippen LogP contribution in [0, 0.1) is 11.6 Å². The third-order valence-corrected chi connectivity index (χ3v) is 3.98. The molecular formula is C20H21F2NO2. The lowest BCUT2D eigenvalue weighted by molar-refractivity contribution is -0.138. The van der Waals surface area contributed by atoms with Gasteiger partial charge in [0.2, 0.25) is 0 Å². The van der Waals surface area contributed by atoms with E-state index < -0.39 is 23.6 Å². The molecule has 0 amide bonds. The van der Waals surface area contributed by atoms with Gasteiger partial charge in [0, 0.05) is 11.6 Å². The molecule has 0 fully saturated rings. The molecule has 0 saturated carbocycles. The molecule has 0 aromatic heterocycles. The summed E-state index contributed by atoms with van der Waals surface area (Å²) < 4.78 is 27.5. The number of halogens is 2. The van der Waals surface area contributed by atoms with Gasteiger partial charge >= 0.3 is 5.97 Å². The number of nitrogens with two attached hydrogens (primary N) is 1. The quantitative estimate of drug-likeness (QED) is 0.819. The van der Waals surface area contributed by atoms with E-state index in [9.17, 15) is 13.6 Å². The number of hydrogen-bond donors (Lipinski definition) is 2. The Hall–Kier alpha value is -2.53. The predicted molar refractivity (Wildman–Crippen MR) is 94.2 cm³/mol. The Bertz CT molecular complexity index is 800. The van der Waals surface area contributed by atoms with Crippen LogP contribution in [0.15, 0.2) is 48.5 Å². The second kappa shape index (κ2) is 8.03. The SMILES string of the molecule is CC(C)c1cccc(/C(=C\CC(N)C(=O)O)c2ccc(F)cc2F)c1. The van der Waals surface area contributed by atoms with Gasteiger partial charge in [-0.1, -0.05) is 44.2 Å². The predicted octanol–water partition coefficient (Wildman–Crippen LogP) is 4.32. The molecule has 25 heavy (non-hydrogen) atoms. The fourth-order valence-electron chi connectivity index (χ4n) is 2.50. The number of carboxylic acids is 1. The minimum Gasteiger partial charge on any atom is -0.480 e. The Morgan fingerprint density at radius 3 is 2.52 bits per heavy atom. The van der Waals surface area contributed by atoms with Crippen molar-refractivity contribution in [1.29, 1.82) is 0 Å². The second-order valence-corrected chi connectivity index (χ2v) is 6.20. The van der Waals surface area contributed by atoms with Crippen LogP contribution in [0.25, 0.3) is 5.57 Å². The van der Waals surface area contributed by atoms with Crippen molar-refractivity contribution in [3.63, 3.8) is 0 Å². The van der Waals surface area contributed by atoms with Gasteiger partial charge in [-0.2, -0.15) is 0 Å². The van der Waals surface area contributed by atoms with Crippen LogP contribution in [0.5, 0.6) is 0 Å². The minimum atomic E-state index is -1.13. The lowest BCUT2D eigenvalue weighted by Gasteiger charge is -2.14. The third-order valence-electron chi connectivity index (χ3n) is 3.98. The van der Waals surface area contributed by atoms with Gasteiger partial charge in [-0.25, -0.2) is 8.78 Å². The molecule has 132 valence electrons. The Morgan fingerprint density at radius 2 is 1.92 bits per heavy atom. The third kappa shape index (κ3) is 4.73. The molecule has 0 aliphatic heterocycles. The number of hydrogen-bond acceptors (Lipinski definition) is 2. The molecule has 2 aromatic rings. The van der Waals surface area contributed by atoms with Crippen molar-refractivity contribution in [3.8, 4) is 0 Å². The first-order valence-electron chi connectivity index (χ1n) is 8.04. The highest BCUT2D eigenvalue weighted by Crippen LogP contribution is 2.29. The summed E-state index contributed by atoms with van der Waals surface area (Å²) in [5.74, 6) is -2.23. The number of aliphatic carboxylic acids is 1. The van der Waals surface area contributed by atoms with E-state index in [1.54, 1.807) is 6.08 Å². The van der Waals surface area contributed by atoms with Gasteiger partial charge in [0.1, 0.15) is 17.7 Å². The van der Waals surface area contributed by atoms with Gasteiger partial charge in [-0.3, -0.25) is 4.79 Å². The summed E-state index contributed by atoms with van der Waals surface area (Å²) >= 11 is 0. The summed E-state index contributed by atoms with van der Waals surface area (Å²) in [5.41, 5.74) is 8.06. The summed E-state index contributed by atoms with van der Waals surface area (Å²) in [6.07, 6.45) is 1.63. The topological polar surface area (TPSA) is 63.3 Å². The lowest BCUT2D eigenvalue weighted by atomic mass is 9.92. The van der Waals surface area contributed by atoms with E-state index in [4.69, 9.17) is 10.8 Å². The van der Waals surface area contributed by atoms with Crippen molar-refractivity contribution in [3.05, 3.63) is 76.9 Å². The molecule has 2 aromatic carbocycles. The van der Waals surface area contributed by atoms with Crippen LogP contribution in [-0.2, 0) is 4.79 Å². The van der Waals surface area contributed by atoms with Gasteiger partial charge in [0.05, 0.1) is 0 Å². The Balaban J connectivity index is 2.54. The molecule has 0 heterocycles. The fourth-order valence-corrected chi connectivity index (χ4v) is 2.50. The maximum Gasteiger partial charge on any atom is 0.320 e. The van der Waals surface area contributed by atoms with Crippen LogP contribution in [0.3, 0.4) is 0 Å². The van der Waals surface area contributed by atoms with Crippen molar-refractivity contribution in [2.24, 2.45) is 5.73 Å². The van der Waals surface area contributed by atoms with Crippen LogP contribution < -0.4 is 5.73 Å². The maximum atomic E-state index is 14.3. The molecule has 2 rings (SSSR count). The van der Waals surface area contributed by atoms with E-state index in [1.807, 2.05) is 38.1 Å². The Labute approximate surface area is 145 Å². The zero-order chi connectivity index (χ0) is 18.6. The zero-order valence-electron chi connectivity index (χ0n) is 14.2. The highest BCUT2D eigenvalue weighted by Gasteiger charge is 2.15. The van der Waals surface area contributed by atoms with Gasteiger partial charge in [0.25, 0.3) is 0 Å². The van der Waals surface area contributed by atoms with Crippen LogP contribution in [-0.4, -0.2) is 17.1 Å². The smallest absolute Gasteiger partial charge is 0.320 e. The second-order valence-electron chi connectivity index (χ2n) is 6.20. The van der Waals surface area contributed by atoms with Gasteiger partial charge < -0.3 is 10.8 Å². The first kappa shape index (κ1) is 18.8. The van der Waals surface area contributed by atoms with E-state index in [0.29, 0.717) is 5.57 Å². The summed E-state index contributed by atoms with van der Waals surface area (Å²) in [4.78, 5) is 11.0. The van der Waals surface area contributed by atoms with E-state index in [2.05, 4.69) is 0 Å². The first-order valence-corrected chi connectivity index (χ1v) is 8.04. The number of benzene rings is 2. The molecule has 1 unspecified atom stereocenters. The minimum absolute atomic E-state index is 0.0351. The molecule has 0 radical (unpaired) electrons. The van der Waals surface area contributed by atoms with Crippen molar-refractivity contribution in [2.75, 3.05) is 0 Å². The molecule has 0 spiro atoms. The summed E-state index contributed by atoms with van der Waals surface area (Å²) in [7, 11) is 0. The summed E-state index contributed by atoms with van der Waals surface area (Å²) in [5, 5.41) is 8.97. The van der Waals surface area contributed by atoms with Crippen molar-refractivity contribution >= 4 is 11.5 Å². The molecule has 3 nitrogen and oxygen atoms in total. The fraction of sp³-hybridized carbons (Fsp3) is 0.250. The zero-order valence-corrected chi connectivity index (χ0v) is 14.2. The van der Waals surface area contributed by atoms with Gasteiger partial charge in [0.15, 0.2) is 0 Å². The van der Waals surface area contributed by atoms with Crippen molar-refractivity contribution in [1.82, 2.24) is 0 Å². The van der Waals surface area contributed by atoms with E-state index in [-0.39, 0.29) is 17.9 Å². The van der Waals surface area contributed by atoms with Crippen LogP contribution in [0.2, 0.25) is 0 Å². The molecule has 0 bridgehead atoms. The average molecular weight is 345 g/mol. The van der Waals surface area contributed by atoms with E-state index in [0.717, 1.165) is 17.2 Å². The van der Waals surface area contributed by atoms with Crippen molar-refractivity contribution in [2.45, 2.75) is 32.2 Å². The average Bonchev–Trinajstić information content (AvgIpc) is 2.56. The molecule has 0 aliphatic rings.